The Labute approximate surface area is 369 Å². The first-order chi connectivity index (χ1) is 29.5. The summed E-state index contributed by atoms with van der Waals surface area (Å²) in [6.45, 7) is 14.3. The van der Waals surface area contributed by atoms with Gasteiger partial charge in [0.2, 0.25) is 6.29 Å². The van der Waals surface area contributed by atoms with E-state index in [4.69, 9.17) is 33.5 Å². The molecule has 0 bridgehead atoms. The fraction of sp³-hybridized carbons (Fsp3) is 0.935. The van der Waals surface area contributed by atoms with Crippen molar-refractivity contribution in [2.45, 2.75) is 199 Å². The number of carboxylic acid groups (broad SMARTS) is 1. The van der Waals surface area contributed by atoms with E-state index >= 15 is 0 Å². The molecule has 17 heteroatoms. The summed E-state index contributed by atoms with van der Waals surface area (Å²) in [4.78, 5) is 23.7. The van der Waals surface area contributed by atoms with Crippen LogP contribution < -0.4 is 0 Å². The van der Waals surface area contributed by atoms with Crippen LogP contribution in [-0.4, -0.2) is 158 Å². The van der Waals surface area contributed by atoms with Gasteiger partial charge in [-0.05, 0) is 111 Å². The molecule has 3 aliphatic heterocycles. The third-order valence-corrected chi connectivity index (χ3v) is 18.7. The van der Waals surface area contributed by atoms with Crippen LogP contribution in [0.15, 0.2) is 11.6 Å². The van der Waals surface area contributed by atoms with E-state index in [1.807, 2.05) is 0 Å². The van der Waals surface area contributed by atoms with E-state index in [-0.39, 0.29) is 52.6 Å². The molecule has 7 fully saturated rings. The fourth-order valence-corrected chi connectivity index (χ4v) is 14.5. The lowest BCUT2D eigenvalue weighted by Crippen LogP contribution is -2.67. The summed E-state index contributed by atoms with van der Waals surface area (Å²) in [6, 6.07) is 0. The summed E-state index contributed by atoms with van der Waals surface area (Å²) in [5.41, 5.74) is -0.547. The molecule has 0 aromatic heterocycles. The molecule has 5 aliphatic carbocycles. The van der Waals surface area contributed by atoms with Gasteiger partial charge in [-0.25, -0.2) is 9.78 Å². The molecule has 4 saturated carbocycles. The number of aliphatic hydroxyl groups is 8. The van der Waals surface area contributed by atoms with Crippen molar-refractivity contribution in [1.82, 2.24) is 0 Å². The van der Waals surface area contributed by atoms with E-state index in [0.29, 0.717) is 19.3 Å². The predicted molar refractivity (Wildman–Crippen MR) is 220 cm³/mol. The second kappa shape index (κ2) is 17.0. The van der Waals surface area contributed by atoms with Gasteiger partial charge in [0.1, 0.15) is 48.8 Å². The van der Waals surface area contributed by atoms with E-state index in [9.17, 15) is 50.8 Å². The Kier molecular flexibility index (Phi) is 13.0. The molecule has 3 heterocycles. The number of aliphatic carboxylic acids is 1. The maximum absolute atomic E-state index is 13.1. The molecule has 63 heavy (non-hydrogen) atoms. The van der Waals surface area contributed by atoms with Crippen molar-refractivity contribution in [3.8, 4) is 0 Å². The van der Waals surface area contributed by atoms with E-state index in [1.165, 1.54) is 12.5 Å². The van der Waals surface area contributed by atoms with Gasteiger partial charge in [-0.1, -0.05) is 53.2 Å². The van der Waals surface area contributed by atoms with Crippen LogP contribution in [0.25, 0.3) is 0 Å². The van der Waals surface area contributed by atoms with Crippen molar-refractivity contribution in [1.29, 1.82) is 0 Å². The van der Waals surface area contributed by atoms with Crippen LogP contribution in [0.1, 0.15) is 113 Å². The van der Waals surface area contributed by atoms with Gasteiger partial charge in [-0.3, -0.25) is 4.79 Å². The SMILES string of the molecule is C[C@@H]1OC(O[C@H]2C(O[C@H]3CC[C@@]4(C)C(CC[C@]5(C)C4CC=C4C6CC(C)(C)CC[C@]6(C(=O)O)CC[C@]45C)[C@]3(C)CO)OC[C@H](O)[C@@H]2O)[C@H](O)[C@H](OO[C@@H]2O[C@H](CO)[C@H](O)[C@H]2O)[C@H]1O. The highest BCUT2D eigenvalue weighted by Crippen LogP contribution is 2.76. The van der Waals surface area contributed by atoms with Crippen LogP contribution >= 0.6 is 0 Å². The van der Waals surface area contributed by atoms with Crippen molar-refractivity contribution < 1.29 is 84.2 Å². The molecular weight excluding hydrogens is 824 g/mol. The second-order valence-electron chi connectivity index (χ2n) is 22.4. The van der Waals surface area contributed by atoms with Gasteiger partial charge in [-0.2, -0.15) is 0 Å². The summed E-state index contributed by atoms with van der Waals surface area (Å²) < 4.78 is 30.1. The van der Waals surface area contributed by atoms with Gasteiger partial charge in [0.15, 0.2) is 18.7 Å². The molecule has 17 nitrogen and oxygen atoms in total. The summed E-state index contributed by atoms with van der Waals surface area (Å²) in [7, 11) is 0. The molecule has 9 N–H and O–H groups in total. The quantitative estimate of drug-likeness (QED) is 0.0657. The van der Waals surface area contributed by atoms with Crippen LogP contribution in [0.4, 0.5) is 0 Å². The third kappa shape index (κ3) is 7.50. The summed E-state index contributed by atoms with van der Waals surface area (Å²) in [5.74, 6) is -0.358. The molecule has 8 rings (SSSR count). The second-order valence-corrected chi connectivity index (χ2v) is 22.4. The molecule has 0 radical (unpaired) electrons. The Bertz CT molecular complexity index is 1710. The normalized spacial score (nSPS) is 54.3. The Hall–Kier alpha value is -1.39. The minimum absolute atomic E-state index is 0.00312. The first-order valence-electron chi connectivity index (χ1n) is 23.3. The largest absolute Gasteiger partial charge is 0.481 e. The number of carboxylic acids is 1. The molecule has 0 aromatic rings. The number of carbonyl (C=O) groups is 1. The zero-order valence-electron chi connectivity index (χ0n) is 37.9. The van der Waals surface area contributed by atoms with E-state index in [1.54, 1.807) is 0 Å². The lowest BCUT2D eigenvalue weighted by atomic mass is 9.33. The maximum atomic E-state index is 13.1. The fourth-order valence-electron chi connectivity index (χ4n) is 14.5. The topological polar surface area (TPSA) is 264 Å². The molecule has 22 atom stereocenters. The molecular formula is C46H74O17. The lowest BCUT2D eigenvalue weighted by molar-refractivity contribution is -0.446. The predicted octanol–water partition coefficient (Wildman–Crippen LogP) is 1.92. The summed E-state index contributed by atoms with van der Waals surface area (Å²) in [5, 5.41) is 96.5. The molecule has 0 amide bonds. The summed E-state index contributed by atoms with van der Waals surface area (Å²) >= 11 is 0. The first kappa shape index (κ1) is 48.1. The average Bonchev–Trinajstić information content (AvgIpc) is 3.51. The molecule has 0 aromatic carbocycles. The number of rotatable bonds is 10. The highest BCUT2D eigenvalue weighted by Gasteiger charge is 2.70. The number of hydrogen-bond donors (Lipinski definition) is 9. The van der Waals surface area contributed by atoms with Crippen molar-refractivity contribution in [2.24, 2.45) is 50.2 Å². The Morgan fingerprint density at radius 1 is 0.746 bits per heavy atom. The number of fused-ring (bicyclic) bond motifs is 7. The highest BCUT2D eigenvalue weighted by atomic mass is 17.2. The van der Waals surface area contributed by atoms with Gasteiger partial charge < -0.3 is 69.6 Å². The van der Waals surface area contributed by atoms with E-state index < -0.39 is 109 Å². The van der Waals surface area contributed by atoms with Gasteiger partial charge in [0.05, 0.1) is 37.4 Å². The molecule has 8 aliphatic rings. The van der Waals surface area contributed by atoms with Crippen LogP contribution in [0.3, 0.4) is 0 Å². The van der Waals surface area contributed by atoms with Gasteiger partial charge in [-0.15, -0.1) is 0 Å². The third-order valence-electron chi connectivity index (χ3n) is 18.7. The van der Waals surface area contributed by atoms with E-state index in [0.717, 1.165) is 44.9 Å². The molecule has 5 unspecified atom stereocenters. The van der Waals surface area contributed by atoms with Gasteiger partial charge in [0, 0.05) is 5.41 Å². The Morgan fingerprint density at radius 2 is 1.46 bits per heavy atom. The average molecular weight is 899 g/mol. The standard InChI is InChI=1S/C46H74O17/c1-22-30(50)35(62-63-38-33(53)32(52)26(19-47)59-38)34(54)37(58-22)61-36-31(51)25(49)20-57-39(36)60-29-11-12-42(4)27(43(29,5)21-48)10-13-45(7)28(42)9-8-23-24-18-41(2,3)14-16-46(24,40(55)56)17-15-44(23,45)6/h8,22,24-39,47-54H,9-21H2,1-7H3,(H,55,56)/t22-,24?,25-,26+,27?,28?,29-,30-,31-,32-,33+,34+,35+,36+,37?,38-,39?,42-,43-,44+,45+,46-/m0/s1. The lowest BCUT2D eigenvalue weighted by Gasteiger charge is -2.71. The van der Waals surface area contributed by atoms with Gasteiger partial charge >= 0.3 is 5.97 Å². The molecule has 3 saturated heterocycles. The van der Waals surface area contributed by atoms with Crippen LogP contribution in [-0.2, 0) is 38.3 Å². The maximum Gasteiger partial charge on any atom is 0.310 e. The zero-order valence-corrected chi connectivity index (χ0v) is 37.9. The van der Waals surface area contributed by atoms with Crippen LogP contribution in [0.5, 0.6) is 0 Å². The number of aliphatic hydroxyl groups excluding tert-OH is 8. The highest BCUT2D eigenvalue weighted by molar-refractivity contribution is 5.76. The summed E-state index contributed by atoms with van der Waals surface area (Å²) in [6.07, 6.45) is -9.08. The smallest absolute Gasteiger partial charge is 0.310 e. The molecule has 0 spiro atoms. The Balaban J connectivity index is 1.00. The number of hydrogen-bond acceptors (Lipinski definition) is 16. The number of allylic oxidation sites excluding steroid dienone is 2. The van der Waals surface area contributed by atoms with Gasteiger partial charge in [0.25, 0.3) is 0 Å². The first-order valence-corrected chi connectivity index (χ1v) is 23.3. The van der Waals surface area contributed by atoms with E-state index in [2.05, 4.69) is 47.6 Å². The van der Waals surface area contributed by atoms with Crippen molar-refractivity contribution in [3.63, 3.8) is 0 Å². The van der Waals surface area contributed by atoms with Crippen LogP contribution in [0, 0.1) is 50.2 Å². The van der Waals surface area contributed by atoms with Crippen molar-refractivity contribution in [3.05, 3.63) is 11.6 Å². The number of ether oxygens (including phenoxy) is 5. The van der Waals surface area contributed by atoms with Crippen molar-refractivity contribution in [2.75, 3.05) is 19.8 Å². The monoisotopic (exact) mass is 898 g/mol. The minimum Gasteiger partial charge on any atom is -0.481 e. The zero-order chi connectivity index (χ0) is 45.8. The van der Waals surface area contributed by atoms with Crippen molar-refractivity contribution >= 4 is 5.97 Å². The van der Waals surface area contributed by atoms with Crippen LogP contribution in [0.2, 0.25) is 0 Å². The Morgan fingerprint density at radius 3 is 2.13 bits per heavy atom. The molecule has 360 valence electrons. The minimum atomic E-state index is -1.77.